The molecule has 0 aliphatic rings. The molecule has 0 aliphatic heterocycles. The van der Waals surface area contributed by atoms with E-state index in [2.05, 4.69) is 31.5 Å². The molecule has 92 valence electrons. The Kier molecular flexibility index (Phi) is 4.13. The fourth-order valence-corrected chi connectivity index (χ4v) is 3.13. The molecule has 0 unspecified atom stereocenters. The van der Waals surface area contributed by atoms with Crippen LogP contribution in [-0.2, 0) is 4.43 Å². The zero-order valence-electron chi connectivity index (χ0n) is 11.1. The second-order valence-electron chi connectivity index (χ2n) is 5.48. The van der Waals surface area contributed by atoms with Crippen LogP contribution in [0.1, 0.15) is 19.4 Å². The Morgan fingerprint density at radius 1 is 1.12 bits per heavy atom. The summed E-state index contributed by atoms with van der Waals surface area (Å²) in [5.41, 5.74) is 0.345. The Balaban J connectivity index is 2.80. The predicted molar refractivity (Wildman–Crippen MR) is 71.8 cm³/mol. The highest BCUT2D eigenvalue weighted by Crippen LogP contribution is 2.16. The topological polar surface area (TPSA) is 9.23 Å². The molecule has 0 saturated heterocycles. The van der Waals surface area contributed by atoms with Crippen LogP contribution in [0.25, 0.3) is 0 Å². The standard InChI is InChI=1S/C14H19FOSi/c1-14(2,16-17(3,4)5)11-10-12-6-8-13(15)9-7-12/h6-9H,1-5H3. The van der Waals surface area contributed by atoms with Crippen molar-refractivity contribution in [3.8, 4) is 11.8 Å². The van der Waals surface area contributed by atoms with Crippen molar-refractivity contribution in [2.45, 2.75) is 39.1 Å². The largest absolute Gasteiger partial charge is 0.402 e. The first-order valence-electron chi connectivity index (χ1n) is 5.67. The minimum atomic E-state index is -1.60. The molecule has 0 amide bonds. The van der Waals surface area contributed by atoms with Crippen molar-refractivity contribution in [3.05, 3.63) is 35.6 Å². The van der Waals surface area contributed by atoms with Gasteiger partial charge in [-0.15, -0.1) is 0 Å². The maximum Gasteiger partial charge on any atom is 0.185 e. The highest BCUT2D eigenvalue weighted by molar-refractivity contribution is 6.69. The molecule has 1 nitrogen and oxygen atoms in total. The summed E-state index contributed by atoms with van der Waals surface area (Å²) in [7, 11) is -1.60. The molecular formula is C14H19FOSi. The van der Waals surface area contributed by atoms with Gasteiger partial charge in [0.2, 0.25) is 0 Å². The Bertz CT molecular complexity index is 432. The zero-order valence-corrected chi connectivity index (χ0v) is 12.1. The number of halogens is 1. The molecule has 0 aromatic heterocycles. The minimum absolute atomic E-state index is 0.242. The van der Waals surface area contributed by atoms with Gasteiger partial charge in [-0.25, -0.2) is 4.39 Å². The third-order valence-electron chi connectivity index (χ3n) is 1.91. The van der Waals surface area contributed by atoms with Crippen molar-refractivity contribution in [2.75, 3.05) is 0 Å². The van der Waals surface area contributed by atoms with Gasteiger partial charge in [-0.1, -0.05) is 11.8 Å². The Morgan fingerprint density at radius 3 is 2.12 bits per heavy atom. The van der Waals surface area contributed by atoms with Crippen LogP contribution in [0, 0.1) is 17.7 Å². The molecule has 3 heteroatoms. The lowest BCUT2D eigenvalue weighted by molar-refractivity contribution is 0.164. The van der Waals surface area contributed by atoms with Crippen molar-refractivity contribution in [2.24, 2.45) is 0 Å². The summed E-state index contributed by atoms with van der Waals surface area (Å²) < 4.78 is 18.7. The Hall–Kier alpha value is -1.11. The van der Waals surface area contributed by atoms with E-state index >= 15 is 0 Å². The highest BCUT2D eigenvalue weighted by atomic mass is 28.4. The molecule has 1 rings (SSSR count). The number of rotatable bonds is 2. The van der Waals surface area contributed by atoms with Gasteiger partial charge < -0.3 is 4.43 Å². The van der Waals surface area contributed by atoms with Crippen LogP contribution < -0.4 is 0 Å². The second-order valence-corrected chi connectivity index (χ2v) is 9.91. The fraction of sp³-hybridized carbons (Fsp3) is 0.429. The zero-order chi connectivity index (χ0) is 13.1. The molecule has 0 bridgehead atoms. The van der Waals surface area contributed by atoms with Crippen LogP contribution in [0.15, 0.2) is 24.3 Å². The van der Waals surface area contributed by atoms with Gasteiger partial charge in [-0.2, -0.15) is 0 Å². The van der Waals surface area contributed by atoms with Gasteiger partial charge in [0, 0.05) is 5.56 Å². The summed E-state index contributed by atoms with van der Waals surface area (Å²) in [5, 5.41) is 0. The summed E-state index contributed by atoms with van der Waals surface area (Å²) in [6.45, 7) is 10.3. The lowest BCUT2D eigenvalue weighted by Gasteiger charge is -2.28. The van der Waals surface area contributed by atoms with E-state index in [-0.39, 0.29) is 5.82 Å². The molecule has 0 aliphatic carbocycles. The summed E-state index contributed by atoms with van der Waals surface area (Å²) in [6.07, 6.45) is 0. The summed E-state index contributed by atoms with van der Waals surface area (Å²) in [5.74, 6) is 5.86. The van der Waals surface area contributed by atoms with E-state index in [0.29, 0.717) is 0 Å². The first kappa shape index (κ1) is 13.9. The van der Waals surface area contributed by atoms with Gasteiger partial charge in [0.15, 0.2) is 8.32 Å². The van der Waals surface area contributed by atoms with Crippen LogP contribution in [0.2, 0.25) is 19.6 Å². The lowest BCUT2D eigenvalue weighted by Crippen LogP contribution is -2.37. The van der Waals surface area contributed by atoms with E-state index in [1.54, 1.807) is 12.1 Å². The van der Waals surface area contributed by atoms with Gasteiger partial charge in [-0.3, -0.25) is 0 Å². The van der Waals surface area contributed by atoms with Gasteiger partial charge in [-0.05, 0) is 57.8 Å². The smallest absolute Gasteiger partial charge is 0.185 e. The maximum atomic E-state index is 12.7. The van der Waals surface area contributed by atoms with Crippen molar-refractivity contribution in [1.82, 2.24) is 0 Å². The van der Waals surface area contributed by atoms with Crippen LogP contribution in [-0.4, -0.2) is 13.9 Å². The molecule has 0 heterocycles. The monoisotopic (exact) mass is 250 g/mol. The molecule has 0 atom stereocenters. The number of hydrogen-bond donors (Lipinski definition) is 0. The van der Waals surface area contributed by atoms with Gasteiger partial charge >= 0.3 is 0 Å². The van der Waals surface area contributed by atoms with Crippen LogP contribution >= 0.6 is 0 Å². The van der Waals surface area contributed by atoms with Gasteiger partial charge in [0.25, 0.3) is 0 Å². The van der Waals surface area contributed by atoms with E-state index < -0.39 is 13.9 Å². The minimum Gasteiger partial charge on any atom is -0.402 e. The summed E-state index contributed by atoms with van der Waals surface area (Å²) >= 11 is 0. The first-order valence-corrected chi connectivity index (χ1v) is 9.08. The average Bonchev–Trinajstić information content (AvgIpc) is 2.13. The normalized spacial score (nSPS) is 11.9. The third-order valence-corrected chi connectivity index (χ3v) is 3.04. The van der Waals surface area contributed by atoms with E-state index in [4.69, 9.17) is 4.43 Å². The van der Waals surface area contributed by atoms with E-state index in [0.717, 1.165) is 5.56 Å². The average molecular weight is 250 g/mol. The molecule has 0 spiro atoms. The molecule has 1 aromatic carbocycles. The quantitative estimate of drug-likeness (QED) is 0.573. The van der Waals surface area contributed by atoms with E-state index in [1.807, 2.05) is 13.8 Å². The SMILES string of the molecule is CC(C)(C#Cc1ccc(F)cc1)O[Si](C)(C)C. The number of benzene rings is 1. The highest BCUT2D eigenvalue weighted by Gasteiger charge is 2.25. The van der Waals surface area contributed by atoms with Crippen molar-refractivity contribution < 1.29 is 8.82 Å². The Morgan fingerprint density at radius 2 is 1.65 bits per heavy atom. The molecule has 0 N–H and O–H groups in total. The molecule has 17 heavy (non-hydrogen) atoms. The lowest BCUT2D eigenvalue weighted by atomic mass is 10.1. The van der Waals surface area contributed by atoms with Crippen molar-refractivity contribution in [1.29, 1.82) is 0 Å². The molecule has 0 saturated carbocycles. The van der Waals surface area contributed by atoms with Gasteiger partial charge in [0.1, 0.15) is 11.4 Å². The third kappa shape index (κ3) is 5.67. The molecule has 0 fully saturated rings. The van der Waals surface area contributed by atoms with Crippen molar-refractivity contribution >= 4 is 8.32 Å². The van der Waals surface area contributed by atoms with Crippen LogP contribution in [0.5, 0.6) is 0 Å². The van der Waals surface area contributed by atoms with E-state index in [9.17, 15) is 4.39 Å². The second kappa shape index (κ2) is 5.03. The van der Waals surface area contributed by atoms with E-state index in [1.165, 1.54) is 12.1 Å². The molecular weight excluding hydrogens is 231 g/mol. The Labute approximate surface area is 104 Å². The van der Waals surface area contributed by atoms with Crippen molar-refractivity contribution in [3.63, 3.8) is 0 Å². The summed E-state index contributed by atoms with van der Waals surface area (Å²) in [6, 6.07) is 6.17. The van der Waals surface area contributed by atoms with Gasteiger partial charge in [0.05, 0.1) is 0 Å². The molecule has 0 radical (unpaired) electrons. The number of hydrogen-bond acceptors (Lipinski definition) is 1. The fourth-order valence-electron chi connectivity index (χ4n) is 1.55. The van der Waals surface area contributed by atoms with Crippen LogP contribution in [0.3, 0.4) is 0 Å². The summed E-state index contributed by atoms with van der Waals surface area (Å²) in [4.78, 5) is 0. The first-order chi connectivity index (χ1) is 7.68. The maximum absolute atomic E-state index is 12.7. The predicted octanol–water partition coefficient (Wildman–Crippen LogP) is 3.81. The van der Waals surface area contributed by atoms with Crippen LogP contribution in [0.4, 0.5) is 4.39 Å². The molecule has 1 aromatic rings.